The van der Waals surface area contributed by atoms with E-state index in [2.05, 4.69) is 50.6 Å². The van der Waals surface area contributed by atoms with Gasteiger partial charge in [0.05, 0.1) is 0 Å². The van der Waals surface area contributed by atoms with Gasteiger partial charge in [-0.15, -0.1) is 6.58 Å². The summed E-state index contributed by atoms with van der Waals surface area (Å²) < 4.78 is 0. The second kappa shape index (κ2) is 5.15. The number of anilines is 1. The predicted molar refractivity (Wildman–Crippen MR) is 70.8 cm³/mol. The lowest BCUT2D eigenvalue weighted by molar-refractivity contribution is 0.587. The lowest BCUT2D eigenvalue weighted by Crippen LogP contribution is -2.16. The molecule has 0 amide bonds. The van der Waals surface area contributed by atoms with Crippen LogP contribution < -0.4 is 5.32 Å². The molecular weight excluding hydrogens is 196 g/mol. The van der Waals surface area contributed by atoms with Crippen molar-refractivity contribution in [2.75, 3.05) is 5.32 Å². The van der Waals surface area contributed by atoms with Gasteiger partial charge in [-0.25, -0.2) is 4.98 Å². The van der Waals surface area contributed by atoms with Crippen LogP contribution in [0.4, 0.5) is 5.82 Å². The van der Waals surface area contributed by atoms with E-state index in [1.54, 1.807) is 0 Å². The number of pyridine rings is 1. The third kappa shape index (κ3) is 3.69. The Morgan fingerprint density at radius 1 is 1.44 bits per heavy atom. The van der Waals surface area contributed by atoms with Crippen LogP contribution in [-0.4, -0.2) is 11.0 Å². The SMILES string of the molecule is C=CCC(C)Nc1ccc(C(C)(C)C)cn1. The maximum Gasteiger partial charge on any atom is 0.126 e. The van der Waals surface area contributed by atoms with Crippen molar-refractivity contribution in [2.24, 2.45) is 0 Å². The minimum atomic E-state index is 0.165. The van der Waals surface area contributed by atoms with Gasteiger partial charge < -0.3 is 5.32 Å². The molecule has 1 aromatic heterocycles. The molecule has 16 heavy (non-hydrogen) atoms. The van der Waals surface area contributed by atoms with Crippen LogP contribution in [0.1, 0.15) is 39.7 Å². The first kappa shape index (κ1) is 12.8. The number of nitrogens with one attached hydrogen (secondary N) is 1. The van der Waals surface area contributed by atoms with Crippen molar-refractivity contribution in [1.29, 1.82) is 0 Å². The fourth-order valence-corrected chi connectivity index (χ4v) is 1.48. The first-order chi connectivity index (χ1) is 7.43. The molecule has 0 spiro atoms. The lowest BCUT2D eigenvalue weighted by Gasteiger charge is -2.19. The summed E-state index contributed by atoms with van der Waals surface area (Å²) in [5.74, 6) is 0.933. The number of hydrogen-bond donors (Lipinski definition) is 1. The summed E-state index contributed by atoms with van der Waals surface area (Å²) in [7, 11) is 0. The largest absolute Gasteiger partial charge is 0.367 e. The van der Waals surface area contributed by atoms with Crippen LogP contribution in [0.15, 0.2) is 31.0 Å². The van der Waals surface area contributed by atoms with E-state index >= 15 is 0 Å². The van der Waals surface area contributed by atoms with Crippen LogP contribution in [0.25, 0.3) is 0 Å². The minimum Gasteiger partial charge on any atom is -0.367 e. The summed E-state index contributed by atoms with van der Waals surface area (Å²) in [5, 5.41) is 3.34. The van der Waals surface area contributed by atoms with Gasteiger partial charge in [-0.2, -0.15) is 0 Å². The summed E-state index contributed by atoms with van der Waals surface area (Å²) in [6.45, 7) is 12.4. The van der Waals surface area contributed by atoms with E-state index in [-0.39, 0.29) is 5.41 Å². The quantitative estimate of drug-likeness (QED) is 0.778. The molecule has 0 aliphatic rings. The first-order valence-electron chi connectivity index (χ1n) is 5.77. The second-order valence-electron chi connectivity index (χ2n) is 5.25. The van der Waals surface area contributed by atoms with Gasteiger partial charge >= 0.3 is 0 Å². The summed E-state index contributed by atoms with van der Waals surface area (Å²) in [6.07, 6.45) is 4.81. The van der Waals surface area contributed by atoms with Crippen LogP contribution in [0.3, 0.4) is 0 Å². The van der Waals surface area contributed by atoms with Gasteiger partial charge in [0.25, 0.3) is 0 Å². The Hall–Kier alpha value is -1.31. The third-order valence-electron chi connectivity index (χ3n) is 2.54. The molecule has 0 aromatic carbocycles. The molecule has 1 rings (SSSR count). The molecule has 0 bridgehead atoms. The van der Waals surface area contributed by atoms with Crippen LogP contribution >= 0.6 is 0 Å². The zero-order valence-corrected chi connectivity index (χ0v) is 10.7. The molecule has 0 aliphatic carbocycles. The van der Waals surface area contributed by atoms with E-state index in [1.165, 1.54) is 5.56 Å². The molecule has 1 N–H and O–H groups in total. The molecule has 0 saturated heterocycles. The van der Waals surface area contributed by atoms with E-state index in [0.717, 1.165) is 12.2 Å². The summed E-state index contributed by atoms with van der Waals surface area (Å²) in [5.41, 5.74) is 1.42. The van der Waals surface area contributed by atoms with Gasteiger partial charge in [0.1, 0.15) is 5.82 Å². The standard InChI is InChI=1S/C14H22N2/c1-6-7-11(2)16-13-9-8-12(10-15-13)14(3,4)5/h6,8-11H,1,7H2,2-5H3,(H,15,16). The highest BCUT2D eigenvalue weighted by Gasteiger charge is 2.13. The molecule has 2 nitrogen and oxygen atoms in total. The van der Waals surface area contributed by atoms with E-state index < -0.39 is 0 Å². The Balaban J connectivity index is 2.68. The number of nitrogens with zero attached hydrogens (tertiary/aromatic N) is 1. The molecule has 0 radical (unpaired) electrons. The van der Waals surface area contributed by atoms with Crippen LogP contribution in [0.2, 0.25) is 0 Å². The maximum atomic E-state index is 4.42. The van der Waals surface area contributed by atoms with Gasteiger partial charge in [-0.1, -0.05) is 32.9 Å². The summed E-state index contributed by atoms with van der Waals surface area (Å²) in [4.78, 5) is 4.42. The summed E-state index contributed by atoms with van der Waals surface area (Å²) >= 11 is 0. The molecule has 1 unspecified atom stereocenters. The fourth-order valence-electron chi connectivity index (χ4n) is 1.48. The third-order valence-corrected chi connectivity index (χ3v) is 2.54. The molecule has 2 heteroatoms. The molecule has 0 fully saturated rings. The Bertz CT molecular complexity index is 333. The highest BCUT2D eigenvalue weighted by molar-refractivity contribution is 5.38. The van der Waals surface area contributed by atoms with Crippen molar-refractivity contribution in [3.05, 3.63) is 36.5 Å². The molecule has 0 saturated carbocycles. The lowest BCUT2D eigenvalue weighted by atomic mass is 9.88. The van der Waals surface area contributed by atoms with Crippen molar-refractivity contribution < 1.29 is 0 Å². The topological polar surface area (TPSA) is 24.9 Å². The van der Waals surface area contributed by atoms with Gasteiger partial charge in [-0.3, -0.25) is 0 Å². The smallest absolute Gasteiger partial charge is 0.126 e. The zero-order valence-electron chi connectivity index (χ0n) is 10.7. The Morgan fingerprint density at radius 3 is 2.56 bits per heavy atom. The average molecular weight is 218 g/mol. The molecular formula is C14H22N2. The molecule has 0 aliphatic heterocycles. The number of hydrogen-bond acceptors (Lipinski definition) is 2. The molecule has 1 atom stereocenters. The maximum absolute atomic E-state index is 4.42. The highest BCUT2D eigenvalue weighted by Crippen LogP contribution is 2.22. The molecule has 1 aromatic rings. The van der Waals surface area contributed by atoms with Gasteiger partial charge in [0.2, 0.25) is 0 Å². The van der Waals surface area contributed by atoms with E-state index in [1.807, 2.05) is 18.3 Å². The second-order valence-corrected chi connectivity index (χ2v) is 5.25. The normalized spacial score (nSPS) is 13.2. The Labute approximate surface area is 98.8 Å². The first-order valence-corrected chi connectivity index (χ1v) is 5.77. The van der Waals surface area contributed by atoms with Crippen molar-refractivity contribution in [1.82, 2.24) is 4.98 Å². The Morgan fingerprint density at radius 2 is 2.12 bits per heavy atom. The van der Waals surface area contributed by atoms with Crippen molar-refractivity contribution in [3.8, 4) is 0 Å². The monoisotopic (exact) mass is 218 g/mol. The Kier molecular flexibility index (Phi) is 4.11. The van der Waals surface area contributed by atoms with Crippen molar-refractivity contribution in [3.63, 3.8) is 0 Å². The van der Waals surface area contributed by atoms with Gasteiger partial charge in [0.15, 0.2) is 0 Å². The van der Waals surface area contributed by atoms with Crippen LogP contribution in [0, 0.1) is 0 Å². The van der Waals surface area contributed by atoms with Crippen LogP contribution in [0.5, 0.6) is 0 Å². The van der Waals surface area contributed by atoms with Gasteiger partial charge in [0, 0.05) is 12.2 Å². The predicted octanol–water partition coefficient (Wildman–Crippen LogP) is 3.76. The summed E-state index contributed by atoms with van der Waals surface area (Å²) in [6, 6.07) is 4.56. The van der Waals surface area contributed by atoms with Crippen molar-refractivity contribution >= 4 is 5.82 Å². The average Bonchev–Trinajstić information content (AvgIpc) is 2.17. The van der Waals surface area contributed by atoms with Crippen molar-refractivity contribution in [2.45, 2.75) is 45.6 Å². The molecule has 1 heterocycles. The van der Waals surface area contributed by atoms with Gasteiger partial charge in [-0.05, 0) is 30.4 Å². The van der Waals surface area contributed by atoms with E-state index in [9.17, 15) is 0 Å². The van der Waals surface area contributed by atoms with E-state index in [0.29, 0.717) is 6.04 Å². The number of rotatable bonds is 4. The van der Waals surface area contributed by atoms with Crippen LogP contribution in [-0.2, 0) is 5.41 Å². The molecule has 88 valence electrons. The minimum absolute atomic E-state index is 0.165. The highest BCUT2D eigenvalue weighted by atomic mass is 15.0. The number of aromatic nitrogens is 1. The van der Waals surface area contributed by atoms with E-state index in [4.69, 9.17) is 0 Å². The fraction of sp³-hybridized carbons (Fsp3) is 0.500. The zero-order chi connectivity index (χ0) is 12.2.